The van der Waals surface area contributed by atoms with Crippen LogP contribution in [0.25, 0.3) is 0 Å². The third-order valence-corrected chi connectivity index (χ3v) is 1.79. The highest BCUT2D eigenvalue weighted by atomic mass is 16.1. The number of aromatic nitrogens is 1. The molecule has 0 unspecified atom stereocenters. The Hall–Kier alpha value is -1.31. The van der Waals surface area contributed by atoms with Gasteiger partial charge in [-0.15, -0.1) is 6.58 Å². The molecule has 0 saturated carbocycles. The summed E-state index contributed by atoms with van der Waals surface area (Å²) in [5, 5.41) is 0. The van der Waals surface area contributed by atoms with Crippen molar-refractivity contribution in [2.24, 2.45) is 0 Å². The minimum Gasteiger partial charge on any atom is -0.345 e. The van der Waals surface area contributed by atoms with Crippen LogP contribution in [-0.4, -0.2) is 10.9 Å². The second-order valence-electron chi connectivity index (χ2n) is 2.68. The summed E-state index contributed by atoms with van der Waals surface area (Å²) in [5.41, 5.74) is 0.749. The maximum atomic E-state index is 10.5. The molecule has 0 aliphatic carbocycles. The van der Waals surface area contributed by atoms with Crippen LogP contribution in [0.5, 0.6) is 0 Å². The fraction of sp³-hybridized carbons (Fsp3) is 0.300. The van der Waals surface area contributed by atoms with E-state index in [1.165, 1.54) is 0 Å². The number of carbonyl (C=O) groups is 1. The van der Waals surface area contributed by atoms with Crippen LogP contribution in [0.2, 0.25) is 0 Å². The predicted molar refractivity (Wildman–Crippen MR) is 49.3 cm³/mol. The average Bonchev–Trinajstić information content (AvgIpc) is 2.52. The van der Waals surface area contributed by atoms with Gasteiger partial charge in [-0.3, -0.25) is 4.79 Å². The summed E-state index contributed by atoms with van der Waals surface area (Å²) in [6.45, 7) is 4.54. The number of aldehydes is 1. The molecule has 2 nitrogen and oxygen atoms in total. The highest BCUT2D eigenvalue weighted by Crippen LogP contribution is 2.02. The second kappa shape index (κ2) is 4.54. The maximum absolute atomic E-state index is 10.5. The van der Waals surface area contributed by atoms with E-state index < -0.39 is 0 Å². The number of aryl methyl sites for hydroxylation is 1. The van der Waals surface area contributed by atoms with Gasteiger partial charge in [-0.25, -0.2) is 0 Å². The van der Waals surface area contributed by atoms with Crippen LogP contribution in [0, 0.1) is 0 Å². The third-order valence-electron chi connectivity index (χ3n) is 1.79. The first-order valence-corrected chi connectivity index (χ1v) is 4.09. The van der Waals surface area contributed by atoms with Gasteiger partial charge in [-0.1, -0.05) is 6.08 Å². The minimum absolute atomic E-state index is 0.749. The molecule has 0 spiro atoms. The van der Waals surface area contributed by atoms with E-state index in [4.69, 9.17) is 0 Å². The zero-order valence-electron chi connectivity index (χ0n) is 7.07. The number of carbonyl (C=O) groups excluding carboxylic acids is 1. The molecular weight excluding hydrogens is 150 g/mol. The Bertz CT molecular complexity index is 263. The van der Waals surface area contributed by atoms with Crippen LogP contribution >= 0.6 is 0 Å². The Morgan fingerprint density at radius 3 is 3.08 bits per heavy atom. The van der Waals surface area contributed by atoms with E-state index in [1.807, 2.05) is 29.0 Å². The van der Waals surface area contributed by atoms with Crippen LogP contribution in [0.15, 0.2) is 31.0 Å². The summed E-state index contributed by atoms with van der Waals surface area (Å²) in [6.07, 6.45) is 6.74. The van der Waals surface area contributed by atoms with E-state index in [9.17, 15) is 4.79 Å². The van der Waals surface area contributed by atoms with E-state index >= 15 is 0 Å². The van der Waals surface area contributed by atoms with Gasteiger partial charge in [-0.2, -0.15) is 0 Å². The number of unbranched alkanes of at least 4 members (excludes halogenated alkanes) is 1. The van der Waals surface area contributed by atoms with Crippen molar-refractivity contribution in [2.45, 2.75) is 19.4 Å². The number of hydrogen-bond donors (Lipinski definition) is 0. The van der Waals surface area contributed by atoms with Gasteiger partial charge in [0.1, 0.15) is 0 Å². The van der Waals surface area contributed by atoms with Gasteiger partial charge >= 0.3 is 0 Å². The van der Waals surface area contributed by atoms with Crippen LogP contribution in [-0.2, 0) is 6.54 Å². The smallest absolute Gasteiger partial charge is 0.166 e. The molecule has 12 heavy (non-hydrogen) atoms. The largest absolute Gasteiger partial charge is 0.345 e. The van der Waals surface area contributed by atoms with Gasteiger partial charge < -0.3 is 4.57 Å². The van der Waals surface area contributed by atoms with Crippen molar-refractivity contribution in [3.8, 4) is 0 Å². The summed E-state index contributed by atoms with van der Waals surface area (Å²) in [4.78, 5) is 10.5. The molecule has 2 heteroatoms. The Morgan fingerprint density at radius 1 is 1.58 bits per heavy atom. The van der Waals surface area contributed by atoms with Gasteiger partial charge in [0.25, 0.3) is 0 Å². The summed E-state index contributed by atoms with van der Waals surface area (Å²) in [7, 11) is 0. The first-order chi connectivity index (χ1) is 5.88. The van der Waals surface area contributed by atoms with E-state index in [0.717, 1.165) is 31.4 Å². The monoisotopic (exact) mass is 163 g/mol. The number of rotatable bonds is 5. The quantitative estimate of drug-likeness (QED) is 0.371. The van der Waals surface area contributed by atoms with Crippen molar-refractivity contribution in [2.75, 3.05) is 0 Å². The van der Waals surface area contributed by atoms with E-state index in [2.05, 4.69) is 6.58 Å². The highest BCUT2D eigenvalue weighted by Gasteiger charge is 1.96. The molecule has 64 valence electrons. The van der Waals surface area contributed by atoms with Crippen LogP contribution < -0.4 is 0 Å². The van der Waals surface area contributed by atoms with Gasteiger partial charge in [0.05, 0.1) is 5.69 Å². The fourth-order valence-electron chi connectivity index (χ4n) is 1.14. The summed E-state index contributed by atoms with van der Waals surface area (Å²) < 4.78 is 1.95. The van der Waals surface area contributed by atoms with E-state index in [-0.39, 0.29) is 0 Å². The predicted octanol–water partition coefficient (Wildman–Crippen LogP) is 2.27. The van der Waals surface area contributed by atoms with E-state index in [0.29, 0.717) is 0 Å². The molecule has 1 aromatic heterocycles. The summed E-state index contributed by atoms with van der Waals surface area (Å²) in [5.74, 6) is 0. The van der Waals surface area contributed by atoms with Crippen LogP contribution in [0.3, 0.4) is 0 Å². The molecule has 0 aliphatic heterocycles. The van der Waals surface area contributed by atoms with Gasteiger partial charge in [0.2, 0.25) is 0 Å². The molecule has 1 heterocycles. The third kappa shape index (κ3) is 2.09. The molecule has 1 aromatic rings. The Morgan fingerprint density at radius 2 is 2.42 bits per heavy atom. The number of hydrogen-bond acceptors (Lipinski definition) is 1. The summed E-state index contributed by atoms with van der Waals surface area (Å²) >= 11 is 0. The standard InChI is InChI=1S/C10H13NO/c1-2-3-4-7-11-8-5-6-10(11)9-12/h2,5-6,8-9H,1,3-4,7H2. The molecule has 0 atom stereocenters. The highest BCUT2D eigenvalue weighted by molar-refractivity contribution is 5.72. The second-order valence-corrected chi connectivity index (χ2v) is 2.68. The SMILES string of the molecule is C=CCCCn1cccc1C=O. The first kappa shape index (κ1) is 8.78. The average molecular weight is 163 g/mol. The molecular formula is C10H13NO. The molecule has 0 bridgehead atoms. The Kier molecular flexibility index (Phi) is 3.33. The van der Waals surface area contributed by atoms with Crippen molar-refractivity contribution in [1.29, 1.82) is 0 Å². The molecule has 0 saturated heterocycles. The van der Waals surface area contributed by atoms with Crippen LogP contribution in [0.4, 0.5) is 0 Å². The molecule has 1 rings (SSSR count). The Balaban J connectivity index is 2.50. The Labute approximate surface area is 72.5 Å². The van der Waals surface area contributed by atoms with Crippen molar-refractivity contribution in [3.05, 3.63) is 36.7 Å². The molecule has 0 N–H and O–H groups in total. The van der Waals surface area contributed by atoms with Gasteiger partial charge in [-0.05, 0) is 25.0 Å². The molecule has 0 amide bonds. The topological polar surface area (TPSA) is 22.0 Å². The van der Waals surface area contributed by atoms with Crippen molar-refractivity contribution in [1.82, 2.24) is 4.57 Å². The zero-order valence-corrected chi connectivity index (χ0v) is 7.07. The molecule has 0 radical (unpaired) electrons. The van der Waals surface area contributed by atoms with E-state index in [1.54, 1.807) is 0 Å². The zero-order chi connectivity index (χ0) is 8.81. The molecule has 0 aromatic carbocycles. The van der Waals surface area contributed by atoms with Crippen LogP contribution in [0.1, 0.15) is 23.3 Å². The lowest BCUT2D eigenvalue weighted by molar-refractivity contribution is 0.111. The van der Waals surface area contributed by atoms with Crippen molar-refractivity contribution < 1.29 is 4.79 Å². The van der Waals surface area contributed by atoms with Crippen molar-refractivity contribution in [3.63, 3.8) is 0 Å². The minimum atomic E-state index is 0.749. The lowest BCUT2D eigenvalue weighted by Gasteiger charge is -2.02. The first-order valence-electron chi connectivity index (χ1n) is 4.09. The molecule has 0 fully saturated rings. The number of nitrogens with zero attached hydrogens (tertiary/aromatic N) is 1. The van der Waals surface area contributed by atoms with Gasteiger partial charge in [0.15, 0.2) is 6.29 Å². The van der Waals surface area contributed by atoms with Crippen molar-refractivity contribution >= 4 is 6.29 Å². The fourth-order valence-corrected chi connectivity index (χ4v) is 1.14. The van der Waals surface area contributed by atoms with Gasteiger partial charge in [0, 0.05) is 12.7 Å². The number of allylic oxidation sites excluding steroid dienone is 1. The lowest BCUT2D eigenvalue weighted by atomic mass is 10.3. The normalized spacial score (nSPS) is 9.67. The summed E-state index contributed by atoms with van der Waals surface area (Å²) in [6, 6.07) is 3.71. The maximum Gasteiger partial charge on any atom is 0.166 e. The molecule has 0 aliphatic rings. The lowest BCUT2D eigenvalue weighted by Crippen LogP contribution is -2.00.